The van der Waals surface area contributed by atoms with Crippen LogP contribution in [0.15, 0.2) is 17.5 Å². The number of nitrogens with one attached hydrogen (secondary N) is 1. The molecule has 5 N–H and O–H groups in total. The molecule has 0 unspecified atom stereocenters. The van der Waals surface area contributed by atoms with Crippen LogP contribution in [0.3, 0.4) is 0 Å². The lowest BCUT2D eigenvalue weighted by Crippen LogP contribution is -2.22. The highest BCUT2D eigenvalue weighted by atomic mass is 32.1. The molecule has 0 fully saturated rings. The Morgan fingerprint density at radius 1 is 1.38 bits per heavy atom. The van der Waals surface area contributed by atoms with Crippen LogP contribution in [-0.4, -0.2) is 30.8 Å². The molecule has 0 aliphatic heterocycles. The van der Waals surface area contributed by atoms with Crippen LogP contribution in [0, 0.1) is 0 Å². The average Bonchev–Trinajstić information content (AvgIpc) is 3.02. The minimum Gasteiger partial charge on any atom is -0.397 e. The van der Waals surface area contributed by atoms with Crippen molar-refractivity contribution in [1.82, 2.24) is 4.90 Å². The minimum atomic E-state index is -0.643. The van der Waals surface area contributed by atoms with Crippen LogP contribution in [0.2, 0.25) is 0 Å². The quantitative estimate of drug-likeness (QED) is 0.780. The molecule has 112 valence electrons. The zero-order valence-corrected chi connectivity index (χ0v) is 13.3. The summed E-state index contributed by atoms with van der Waals surface area (Å²) in [4.78, 5) is 26.5. The Bertz CT molecular complexity index is 662. The first-order chi connectivity index (χ1) is 9.91. The fraction of sp³-hybridized carbons (Fsp3) is 0.231. The van der Waals surface area contributed by atoms with E-state index in [-0.39, 0.29) is 17.2 Å². The summed E-state index contributed by atoms with van der Waals surface area (Å²) in [6, 6.07) is 3.92. The standard InChI is InChI=1S/C13H16N4O2S2/c1-17(2)13(19)10-9(14)8(11(15)18)12(21-10)16-6-7-4-3-5-20-7/h3-5,16H,6,14H2,1-2H3,(H2,15,18). The summed E-state index contributed by atoms with van der Waals surface area (Å²) in [5, 5.41) is 5.62. The number of nitrogens with zero attached hydrogens (tertiary/aromatic N) is 1. The molecule has 2 aromatic heterocycles. The molecule has 2 heterocycles. The Morgan fingerprint density at radius 2 is 2.10 bits per heavy atom. The first-order valence-electron chi connectivity index (χ1n) is 6.11. The number of hydrogen-bond acceptors (Lipinski definition) is 6. The molecule has 0 spiro atoms. The van der Waals surface area contributed by atoms with Gasteiger partial charge in [-0.15, -0.1) is 22.7 Å². The SMILES string of the molecule is CN(C)C(=O)c1sc(NCc2cccs2)c(C(N)=O)c1N. The molecular formula is C13H16N4O2S2. The van der Waals surface area contributed by atoms with Crippen molar-refractivity contribution >= 4 is 45.2 Å². The smallest absolute Gasteiger partial charge is 0.265 e. The molecule has 21 heavy (non-hydrogen) atoms. The predicted octanol–water partition coefficient (Wildman–Crippen LogP) is 1.80. The predicted molar refractivity (Wildman–Crippen MR) is 86.9 cm³/mol. The fourth-order valence-corrected chi connectivity index (χ4v) is 3.54. The van der Waals surface area contributed by atoms with E-state index in [1.54, 1.807) is 25.4 Å². The molecule has 2 rings (SSSR count). The normalized spacial score (nSPS) is 10.4. The zero-order chi connectivity index (χ0) is 15.6. The van der Waals surface area contributed by atoms with E-state index in [2.05, 4.69) is 5.32 Å². The van der Waals surface area contributed by atoms with Crippen LogP contribution in [0.4, 0.5) is 10.7 Å². The Balaban J connectivity index is 2.33. The van der Waals surface area contributed by atoms with Gasteiger partial charge in [-0.1, -0.05) is 6.07 Å². The van der Waals surface area contributed by atoms with Crippen molar-refractivity contribution in [3.05, 3.63) is 32.8 Å². The van der Waals surface area contributed by atoms with Gasteiger partial charge in [0.25, 0.3) is 11.8 Å². The lowest BCUT2D eigenvalue weighted by molar-refractivity contribution is 0.0833. The third kappa shape index (κ3) is 3.17. The molecule has 0 radical (unpaired) electrons. The molecule has 0 saturated heterocycles. The van der Waals surface area contributed by atoms with E-state index in [0.29, 0.717) is 16.4 Å². The number of amides is 2. The molecule has 0 aliphatic carbocycles. The number of hydrogen-bond donors (Lipinski definition) is 3. The van der Waals surface area contributed by atoms with Crippen molar-refractivity contribution in [3.63, 3.8) is 0 Å². The number of anilines is 2. The first-order valence-corrected chi connectivity index (χ1v) is 7.81. The van der Waals surface area contributed by atoms with Gasteiger partial charge >= 0.3 is 0 Å². The Morgan fingerprint density at radius 3 is 2.62 bits per heavy atom. The van der Waals surface area contributed by atoms with Gasteiger partial charge in [-0.3, -0.25) is 9.59 Å². The highest BCUT2D eigenvalue weighted by Gasteiger charge is 2.25. The van der Waals surface area contributed by atoms with Crippen molar-refractivity contribution in [2.75, 3.05) is 25.1 Å². The lowest BCUT2D eigenvalue weighted by atomic mass is 10.2. The summed E-state index contributed by atoms with van der Waals surface area (Å²) in [6.07, 6.45) is 0. The van der Waals surface area contributed by atoms with Crippen molar-refractivity contribution in [2.45, 2.75) is 6.54 Å². The molecule has 2 aromatic rings. The van der Waals surface area contributed by atoms with Gasteiger partial charge in [-0.2, -0.15) is 0 Å². The second-order valence-electron chi connectivity index (χ2n) is 4.55. The van der Waals surface area contributed by atoms with E-state index in [1.165, 1.54) is 4.90 Å². The number of rotatable bonds is 5. The third-order valence-corrected chi connectivity index (χ3v) is 4.82. The maximum atomic E-state index is 12.1. The lowest BCUT2D eigenvalue weighted by Gasteiger charge is -2.08. The van der Waals surface area contributed by atoms with Crippen LogP contribution >= 0.6 is 22.7 Å². The largest absolute Gasteiger partial charge is 0.397 e. The molecule has 0 atom stereocenters. The molecule has 0 aliphatic rings. The van der Waals surface area contributed by atoms with Crippen LogP contribution in [0.25, 0.3) is 0 Å². The fourth-order valence-electron chi connectivity index (χ4n) is 1.76. The third-order valence-electron chi connectivity index (χ3n) is 2.80. The molecule has 8 heteroatoms. The molecule has 6 nitrogen and oxygen atoms in total. The van der Waals surface area contributed by atoms with Gasteiger partial charge in [-0.05, 0) is 11.4 Å². The van der Waals surface area contributed by atoms with Gasteiger partial charge in [-0.25, -0.2) is 0 Å². The van der Waals surface area contributed by atoms with E-state index in [1.807, 2.05) is 17.5 Å². The van der Waals surface area contributed by atoms with Crippen molar-refractivity contribution in [3.8, 4) is 0 Å². The van der Waals surface area contributed by atoms with Gasteiger partial charge in [0.15, 0.2) is 0 Å². The number of carbonyl (C=O) groups excluding carboxylic acids is 2. The van der Waals surface area contributed by atoms with E-state index >= 15 is 0 Å². The van der Waals surface area contributed by atoms with Crippen molar-refractivity contribution in [2.24, 2.45) is 5.73 Å². The molecule has 0 bridgehead atoms. The van der Waals surface area contributed by atoms with Crippen LogP contribution in [-0.2, 0) is 6.54 Å². The molecule has 2 amide bonds. The van der Waals surface area contributed by atoms with Crippen LogP contribution in [0.5, 0.6) is 0 Å². The second-order valence-corrected chi connectivity index (χ2v) is 6.60. The van der Waals surface area contributed by atoms with Gasteiger partial charge in [0, 0.05) is 19.0 Å². The topological polar surface area (TPSA) is 101 Å². The Hall–Kier alpha value is -2.06. The molecular weight excluding hydrogens is 308 g/mol. The second kappa shape index (κ2) is 6.15. The monoisotopic (exact) mass is 324 g/mol. The van der Waals surface area contributed by atoms with Gasteiger partial charge in [0.1, 0.15) is 9.88 Å². The zero-order valence-electron chi connectivity index (χ0n) is 11.7. The van der Waals surface area contributed by atoms with E-state index in [4.69, 9.17) is 11.5 Å². The molecule has 0 aromatic carbocycles. The summed E-state index contributed by atoms with van der Waals surface area (Å²) >= 11 is 2.75. The highest BCUT2D eigenvalue weighted by Crippen LogP contribution is 2.36. The Labute approximate surface area is 130 Å². The first kappa shape index (κ1) is 15.3. The van der Waals surface area contributed by atoms with Gasteiger partial charge < -0.3 is 21.7 Å². The highest BCUT2D eigenvalue weighted by molar-refractivity contribution is 7.19. The van der Waals surface area contributed by atoms with E-state index < -0.39 is 5.91 Å². The number of thiophene rings is 2. The van der Waals surface area contributed by atoms with Crippen LogP contribution in [0.1, 0.15) is 24.9 Å². The maximum absolute atomic E-state index is 12.1. The van der Waals surface area contributed by atoms with Crippen LogP contribution < -0.4 is 16.8 Å². The summed E-state index contributed by atoms with van der Waals surface area (Å²) < 4.78 is 0. The summed E-state index contributed by atoms with van der Waals surface area (Å²) in [5.74, 6) is -0.889. The van der Waals surface area contributed by atoms with Crippen molar-refractivity contribution < 1.29 is 9.59 Å². The van der Waals surface area contributed by atoms with E-state index in [0.717, 1.165) is 16.2 Å². The number of nitrogen functional groups attached to an aromatic ring is 1. The maximum Gasteiger partial charge on any atom is 0.265 e. The number of nitrogens with two attached hydrogens (primary N) is 2. The van der Waals surface area contributed by atoms with Crippen molar-refractivity contribution in [1.29, 1.82) is 0 Å². The summed E-state index contributed by atoms with van der Waals surface area (Å²) in [7, 11) is 3.26. The number of primary amides is 1. The minimum absolute atomic E-state index is 0.139. The number of carbonyl (C=O) groups is 2. The Kier molecular flexibility index (Phi) is 4.49. The van der Waals surface area contributed by atoms with Gasteiger partial charge in [0.05, 0.1) is 17.8 Å². The molecule has 0 saturated carbocycles. The summed E-state index contributed by atoms with van der Waals surface area (Å²) in [6.45, 7) is 0.549. The van der Waals surface area contributed by atoms with Gasteiger partial charge in [0.2, 0.25) is 0 Å². The summed E-state index contributed by atoms with van der Waals surface area (Å²) in [5.41, 5.74) is 11.6. The van der Waals surface area contributed by atoms with E-state index in [9.17, 15) is 9.59 Å². The average molecular weight is 324 g/mol.